The van der Waals surface area contributed by atoms with Gasteiger partial charge in [0.15, 0.2) is 0 Å². The predicted octanol–water partition coefficient (Wildman–Crippen LogP) is 1.83. The molecule has 0 aromatic heterocycles. The maximum absolute atomic E-state index is 11.9. The fourth-order valence-corrected chi connectivity index (χ4v) is 2.48. The molecule has 1 amide bonds. The molecule has 1 aromatic carbocycles. The van der Waals surface area contributed by atoms with Crippen LogP contribution in [0, 0.1) is 6.92 Å². The van der Waals surface area contributed by atoms with Crippen molar-refractivity contribution in [2.45, 2.75) is 24.0 Å². The van der Waals surface area contributed by atoms with E-state index in [2.05, 4.69) is 41.8 Å². The molecule has 0 radical (unpaired) electrons. The molecular formula is C15H24N2O2S. The van der Waals surface area contributed by atoms with Gasteiger partial charge in [0.05, 0.1) is 11.9 Å². The Morgan fingerprint density at radius 2 is 1.95 bits per heavy atom. The van der Waals surface area contributed by atoms with E-state index in [4.69, 9.17) is 4.74 Å². The van der Waals surface area contributed by atoms with E-state index in [1.807, 2.05) is 6.92 Å². The number of methoxy groups -OCH3 is 1. The third-order valence-electron chi connectivity index (χ3n) is 2.79. The zero-order chi connectivity index (χ0) is 14.8. The SMILES string of the molecule is COCCNCCNC(=O)C(C)Sc1ccc(C)cc1. The fourth-order valence-electron chi connectivity index (χ4n) is 1.59. The second-order valence-corrected chi connectivity index (χ2v) is 6.02. The maximum atomic E-state index is 11.9. The van der Waals surface area contributed by atoms with Crippen LogP contribution in [0.1, 0.15) is 12.5 Å². The van der Waals surface area contributed by atoms with Crippen molar-refractivity contribution in [3.63, 3.8) is 0 Å². The van der Waals surface area contributed by atoms with Crippen LogP contribution in [0.3, 0.4) is 0 Å². The largest absolute Gasteiger partial charge is 0.383 e. The van der Waals surface area contributed by atoms with Crippen LogP contribution in [0.2, 0.25) is 0 Å². The summed E-state index contributed by atoms with van der Waals surface area (Å²) in [6.07, 6.45) is 0. The summed E-state index contributed by atoms with van der Waals surface area (Å²) in [5.74, 6) is 0.0733. The number of carbonyl (C=O) groups excluding carboxylic acids is 1. The van der Waals surface area contributed by atoms with Crippen LogP contribution >= 0.6 is 11.8 Å². The van der Waals surface area contributed by atoms with E-state index >= 15 is 0 Å². The van der Waals surface area contributed by atoms with Crippen LogP contribution in [-0.4, -0.2) is 44.5 Å². The van der Waals surface area contributed by atoms with Gasteiger partial charge in [-0.2, -0.15) is 0 Å². The van der Waals surface area contributed by atoms with Gasteiger partial charge in [0, 0.05) is 31.6 Å². The van der Waals surface area contributed by atoms with Gasteiger partial charge in [0.25, 0.3) is 0 Å². The van der Waals surface area contributed by atoms with Gasteiger partial charge in [-0.15, -0.1) is 11.8 Å². The van der Waals surface area contributed by atoms with E-state index in [0.29, 0.717) is 13.2 Å². The molecule has 0 heterocycles. The van der Waals surface area contributed by atoms with Crippen LogP contribution in [0.25, 0.3) is 0 Å². The quantitative estimate of drug-likeness (QED) is 0.539. The van der Waals surface area contributed by atoms with Gasteiger partial charge < -0.3 is 15.4 Å². The Kier molecular flexibility index (Phi) is 8.34. The number of nitrogens with one attached hydrogen (secondary N) is 2. The van der Waals surface area contributed by atoms with Gasteiger partial charge in [-0.25, -0.2) is 0 Å². The number of carbonyl (C=O) groups is 1. The zero-order valence-electron chi connectivity index (χ0n) is 12.4. The molecule has 0 bridgehead atoms. The lowest BCUT2D eigenvalue weighted by molar-refractivity contribution is -0.120. The van der Waals surface area contributed by atoms with Crippen LogP contribution < -0.4 is 10.6 Å². The normalized spacial score (nSPS) is 12.2. The molecule has 0 saturated heterocycles. The average molecular weight is 296 g/mol. The average Bonchev–Trinajstić information content (AvgIpc) is 2.45. The first kappa shape index (κ1) is 17.0. The molecule has 0 aliphatic rings. The fraction of sp³-hybridized carbons (Fsp3) is 0.533. The molecule has 20 heavy (non-hydrogen) atoms. The molecule has 0 spiro atoms. The second kappa shape index (κ2) is 9.80. The highest BCUT2D eigenvalue weighted by Crippen LogP contribution is 2.23. The topological polar surface area (TPSA) is 50.4 Å². The Bertz CT molecular complexity index is 395. The molecule has 0 fully saturated rings. The molecule has 2 N–H and O–H groups in total. The van der Waals surface area contributed by atoms with Gasteiger partial charge >= 0.3 is 0 Å². The highest BCUT2D eigenvalue weighted by atomic mass is 32.2. The monoisotopic (exact) mass is 296 g/mol. The smallest absolute Gasteiger partial charge is 0.233 e. The van der Waals surface area contributed by atoms with Gasteiger partial charge in [-0.05, 0) is 26.0 Å². The summed E-state index contributed by atoms with van der Waals surface area (Å²) in [5.41, 5.74) is 1.23. The molecule has 1 unspecified atom stereocenters. The standard InChI is InChI=1S/C15H24N2O2S/c1-12-4-6-14(7-5-12)20-13(2)15(18)17-9-8-16-10-11-19-3/h4-7,13,16H,8-11H2,1-3H3,(H,17,18). The summed E-state index contributed by atoms with van der Waals surface area (Å²) >= 11 is 1.58. The Morgan fingerprint density at radius 3 is 2.60 bits per heavy atom. The van der Waals surface area contributed by atoms with E-state index in [-0.39, 0.29) is 11.2 Å². The Morgan fingerprint density at radius 1 is 1.25 bits per heavy atom. The molecular weight excluding hydrogens is 272 g/mol. The van der Waals surface area contributed by atoms with Crippen molar-refractivity contribution in [3.05, 3.63) is 29.8 Å². The maximum Gasteiger partial charge on any atom is 0.233 e. The Labute approximate surface area is 125 Å². The van der Waals surface area contributed by atoms with E-state index in [1.165, 1.54) is 5.56 Å². The summed E-state index contributed by atoms with van der Waals surface area (Å²) in [6, 6.07) is 8.23. The van der Waals surface area contributed by atoms with Crippen molar-refractivity contribution in [2.75, 3.05) is 33.4 Å². The first-order valence-corrected chi connectivity index (χ1v) is 7.72. The predicted molar refractivity (Wildman–Crippen MR) is 84.3 cm³/mol. The summed E-state index contributed by atoms with van der Waals surface area (Å²) in [4.78, 5) is 13.0. The lowest BCUT2D eigenvalue weighted by Crippen LogP contribution is -2.36. The van der Waals surface area contributed by atoms with E-state index in [0.717, 1.165) is 18.0 Å². The summed E-state index contributed by atoms with van der Waals surface area (Å²) in [6.45, 7) is 6.88. The van der Waals surface area contributed by atoms with Crippen molar-refractivity contribution >= 4 is 17.7 Å². The molecule has 1 aromatic rings. The number of amides is 1. The number of ether oxygens (including phenoxy) is 1. The van der Waals surface area contributed by atoms with Crippen molar-refractivity contribution in [1.29, 1.82) is 0 Å². The van der Waals surface area contributed by atoms with Gasteiger partial charge in [0.2, 0.25) is 5.91 Å². The minimum atomic E-state index is -0.0864. The first-order chi connectivity index (χ1) is 9.63. The third kappa shape index (κ3) is 6.93. The van der Waals surface area contributed by atoms with Crippen molar-refractivity contribution < 1.29 is 9.53 Å². The second-order valence-electron chi connectivity index (χ2n) is 4.61. The molecule has 1 rings (SSSR count). The number of thioether (sulfide) groups is 1. The van der Waals surface area contributed by atoms with Crippen LogP contribution in [0.5, 0.6) is 0 Å². The molecule has 112 valence electrons. The van der Waals surface area contributed by atoms with Gasteiger partial charge in [-0.3, -0.25) is 4.79 Å². The van der Waals surface area contributed by atoms with Gasteiger partial charge in [-0.1, -0.05) is 17.7 Å². The highest BCUT2D eigenvalue weighted by molar-refractivity contribution is 8.00. The Hall–Kier alpha value is -1.04. The number of hydrogen-bond donors (Lipinski definition) is 2. The lowest BCUT2D eigenvalue weighted by atomic mass is 10.2. The third-order valence-corrected chi connectivity index (χ3v) is 3.90. The number of rotatable bonds is 9. The van der Waals surface area contributed by atoms with Crippen LogP contribution in [0.4, 0.5) is 0 Å². The minimum absolute atomic E-state index is 0.0733. The van der Waals surface area contributed by atoms with Crippen LogP contribution in [0.15, 0.2) is 29.2 Å². The molecule has 4 nitrogen and oxygen atoms in total. The van der Waals surface area contributed by atoms with E-state index in [9.17, 15) is 4.79 Å². The number of hydrogen-bond acceptors (Lipinski definition) is 4. The molecule has 0 aliphatic heterocycles. The lowest BCUT2D eigenvalue weighted by Gasteiger charge is -2.12. The van der Waals surface area contributed by atoms with Crippen LogP contribution in [-0.2, 0) is 9.53 Å². The number of aryl methyl sites for hydroxylation is 1. The van der Waals surface area contributed by atoms with E-state index < -0.39 is 0 Å². The molecule has 0 saturated carbocycles. The van der Waals surface area contributed by atoms with Crippen molar-refractivity contribution in [3.8, 4) is 0 Å². The Balaban J connectivity index is 2.20. The first-order valence-electron chi connectivity index (χ1n) is 6.84. The van der Waals surface area contributed by atoms with Crippen molar-refractivity contribution in [2.24, 2.45) is 0 Å². The minimum Gasteiger partial charge on any atom is -0.383 e. The van der Waals surface area contributed by atoms with Gasteiger partial charge in [0.1, 0.15) is 0 Å². The summed E-state index contributed by atoms with van der Waals surface area (Å²) < 4.78 is 4.93. The summed E-state index contributed by atoms with van der Waals surface area (Å²) in [5, 5.41) is 6.03. The summed E-state index contributed by atoms with van der Waals surface area (Å²) in [7, 11) is 1.67. The van der Waals surface area contributed by atoms with Crippen molar-refractivity contribution in [1.82, 2.24) is 10.6 Å². The molecule has 5 heteroatoms. The molecule has 1 atom stereocenters. The zero-order valence-corrected chi connectivity index (χ0v) is 13.3. The highest BCUT2D eigenvalue weighted by Gasteiger charge is 2.13. The number of benzene rings is 1. The van der Waals surface area contributed by atoms with E-state index in [1.54, 1.807) is 18.9 Å². The molecule has 0 aliphatic carbocycles.